The van der Waals surface area contributed by atoms with Gasteiger partial charge in [-0.3, -0.25) is 4.79 Å². The van der Waals surface area contributed by atoms with Crippen molar-refractivity contribution < 1.29 is 9.53 Å². The molecule has 0 N–H and O–H groups in total. The van der Waals surface area contributed by atoms with Crippen LogP contribution in [0, 0.1) is 13.8 Å². The van der Waals surface area contributed by atoms with Crippen LogP contribution in [0.5, 0.6) is 5.75 Å². The summed E-state index contributed by atoms with van der Waals surface area (Å²) in [6.07, 6.45) is -0.576. The first-order valence-electron chi connectivity index (χ1n) is 7.22. The molecule has 0 fully saturated rings. The Hall–Kier alpha value is -2.10. The quantitative estimate of drug-likeness (QED) is 0.860. The minimum absolute atomic E-state index is 0.159. The average Bonchev–Trinajstić information content (AvgIpc) is 2.77. The smallest absolute Gasteiger partial charge is 0.287 e. The maximum Gasteiger partial charge on any atom is 0.287 e. The molecule has 0 amide bonds. The molecule has 2 rings (SSSR count). The number of rotatable bonds is 4. The van der Waals surface area contributed by atoms with Gasteiger partial charge in [0.1, 0.15) is 5.75 Å². The zero-order valence-electron chi connectivity index (χ0n) is 13.3. The molecule has 0 spiro atoms. The van der Waals surface area contributed by atoms with Crippen LogP contribution in [-0.2, 0) is 0 Å². The third kappa shape index (κ3) is 3.51. The molecule has 0 aliphatic carbocycles. The zero-order chi connectivity index (χ0) is 15.6. The van der Waals surface area contributed by atoms with Crippen molar-refractivity contribution in [3.05, 3.63) is 47.3 Å². The highest BCUT2D eigenvalue weighted by atomic mass is 16.5. The second-order valence-electron chi connectivity index (χ2n) is 5.66. The fourth-order valence-corrected chi connectivity index (χ4v) is 2.21. The highest BCUT2D eigenvalue weighted by Crippen LogP contribution is 2.19. The molecule has 1 aromatic heterocycles. The van der Waals surface area contributed by atoms with Crippen LogP contribution in [0.3, 0.4) is 0 Å². The summed E-state index contributed by atoms with van der Waals surface area (Å²) in [6.45, 7) is 9.76. The standard InChI is InChI=1S/C17H22N2O2/c1-11(2)15-6-8-16(9-7-15)21-14(5)17(20)19-13(4)10-12(3)18-19/h6-11,14H,1-5H3/t14-/m0/s1. The Labute approximate surface area is 125 Å². The van der Waals surface area contributed by atoms with Crippen molar-refractivity contribution in [3.8, 4) is 5.75 Å². The fourth-order valence-electron chi connectivity index (χ4n) is 2.21. The van der Waals surface area contributed by atoms with Crippen LogP contribution in [-0.4, -0.2) is 21.8 Å². The summed E-state index contributed by atoms with van der Waals surface area (Å²) in [7, 11) is 0. The van der Waals surface area contributed by atoms with Crippen molar-refractivity contribution in [2.45, 2.75) is 46.6 Å². The summed E-state index contributed by atoms with van der Waals surface area (Å²) in [6, 6.07) is 9.74. The zero-order valence-corrected chi connectivity index (χ0v) is 13.3. The summed E-state index contributed by atoms with van der Waals surface area (Å²) in [4.78, 5) is 12.3. The van der Waals surface area contributed by atoms with Gasteiger partial charge in [-0.05, 0) is 50.5 Å². The Morgan fingerprint density at radius 1 is 1.14 bits per heavy atom. The molecule has 4 nitrogen and oxygen atoms in total. The number of benzene rings is 1. The average molecular weight is 286 g/mol. The third-order valence-corrected chi connectivity index (χ3v) is 3.43. The van der Waals surface area contributed by atoms with Gasteiger partial charge >= 0.3 is 0 Å². The molecule has 0 saturated carbocycles. The van der Waals surface area contributed by atoms with Gasteiger partial charge in [0, 0.05) is 5.69 Å². The van der Waals surface area contributed by atoms with Crippen molar-refractivity contribution in [2.24, 2.45) is 0 Å². The normalized spacial score (nSPS) is 12.5. The van der Waals surface area contributed by atoms with Crippen molar-refractivity contribution in [1.29, 1.82) is 0 Å². The Balaban J connectivity index is 2.08. The summed E-state index contributed by atoms with van der Waals surface area (Å²) < 4.78 is 7.12. The molecule has 2 aromatic rings. The van der Waals surface area contributed by atoms with E-state index in [1.165, 1.54) is 10.2 Å². The molecule has 1 heterocycles. The maximum atomic E-state index is 12.3. The van der Waals surface area contributed by atoms with Gasteiger partial charge in [-0.2, -0.15) is 5.10 Å². The second-order valence-corrected chi connectivity index (χ2v) is 5.66. The number of aryl methyl sites for hydroxylation is 2. The van der Waals surface area contributed by atoms with Gasteiger partial charge in [0.15, 0.2) is 6.10 Å². The molecule has 0 unspecified atom stereocenters. The van der Waals surface area contributed by atoms with Crippen molar-refractivity contribution in [2.75, 3.05) is 0 Å². The predicted molar refractivity (Wildman–Crippen MR) is 82.9 cm³/mol. The summed E-state index contributed by atoms with van der Waals surface area (Å²) in [5.74, 6) is 1.02. The number of carbonyl (C=O) groups is 1. The SMILES string of the molecule is Cc1cc(C)n(C(=O)[C@H](C)Oc2ccc(C(C)C)cc2)n1. The number of ether oxygens (including phenoxy) is 1. The Kier molecular flexibility index (Phi) is 4.46. The van der Waals surface area contributed by atoms with Gasteiger partial charge < -0.3 is 4.74 Å². The van der Waals surface area contributed by atoms with Gasteiger partial charge in [-0.25, -0.2) is 4.68 Å². The van der Waals surface area contributed by atoms with Crippen LogP contribution in [0.1, 0.15) is 48.4 Å². The van der Waals surface area contributed by atoms with E-state index in [0.29, 0.717) is 11.7 Å². The van der Waals surface area contributed by atoms with Gasteiger partial charge in [-0.1, -0.05) is 26.0 Å². The molecular weight excluding hydrogens is 264 g/mol. The molecule has 0 saturated heterocycles. The van der Waals surface area contributed by atoms with Gasteiger partial charge in [0.25, 0.3) is 5.91 Å². The van der Waals surface area contributed by atoms with E-state index in [2.05, 4.69) is 18.9 Å². The summed E-state index contributed by atoms with van der Waals surface area (Å²) >= 11 is 0. The van der Waals surface area contributed by atoms with E-state index in [9.17, 15) is 4.79 Å². The number of carbonyl (C=O) groups excluding carboxylic acids is 1. The highest BCUT2D eigenvalue weighted by molar-refractivity contribution is 5.83. The van der Waals surface area contributed by atoms with Crippen LogP contribution in [0.25, 0.3) is 0 Å². The van der Waals surface area contributed by atoms with E-state index in [1.807, 2.05) is 44.2 Å². The third-order valence-electron chi connectivity index (χ3n) is 3.43. The molecule has 0 aliphatic rings. The number of nitrogens with zero attached hydrogens (tertiary/aromatic N) is 2. The molecule has 112 valence electrons. The lowest BCUT2D eigenvalue weighted by Gasteiger charge is -2.15. The molecular formula is C17H22N2O2. The van der Waals surface area contributed by atoms with Crippen molar-refractivity contribution in [1.82, 2.24) is 9.78 Å². The molecule has 1 aromatic carbocycles. The van der Waals surface area contributed by atoms with E-state index in [4.69, 9.17) is 4.74 Å². The van der Waals surface area contributed by atoms with Gasteiger partial charge in [0.2, 0.25) is 0 Å². The van der Waals surface area contributed by atoms with E-state index in [0.717, 1.165) is 11.4 Å². The Morgan fingerprint density at radius 2 is 1.76 bits per heavy atom. The molecule has 0 bridgehead atoms. The molecule has 21 heavy (non-hydrogen) atoms. The highest BCUT2D eigenvalue weighted by Gasteiger charge is 2.19. The van der Waals surface area contributed by atoms with Gasteiger partial charge in [-0.15, -0.1) is 0 Å². The van der Waals surface area contributed by atoms with E-state index in [1.54, 1.807) is 6.92 Å². The minimum atomic E-state index is -0.576. The maximum absolute atomic E-state index is 12.3. The van der Waals surface area contributed by atoms with E-state index >= 15 is 0 Å². The lowest BCUT2D eigenvalue weighted by atomic mass is 10.0. The lowest BCUT2D eigenvalue weighted by Crippen LogP contribution is -2.30. The fraction of sp³-hybridized carbons (Fsp3) is 0.412. The second kappa shape index (κ2) is 6.12. The molecule has 4 heteroatoms. The minimum Gasteiger partial charge on any atom is -0.481 e. The Bertz CT molecular complexity index is 627. The van der Waals surface area contributed by atoms with Crippen LogP contribution in [0.2, 0.25) is 0 Å². The van der Waals surface area contributed by atoms with E-state index in [-0.39, 0.29) is 5.91 Å². The first-order chi connectivity index (χ1) is 9.88. The van der Waals surface area contributed by atoms with E-state index < -0.39 is 6.10 Å². The molecule has 0 radical (unpaired) electrons. The van der Waals surface area contributed by atoms with Crippen molar-refractivity contribution in [3.63, 3.8) is 0 Å². The summed E-state index contributed by atoms with van der Waals surface area (Å²) in [5.41, 5.74) is 2.90. The van der Waals surface area contributed by atoms with Gasteiger partial charge in [0.05, 0.1) is 5.69 Å². The lowest BCUT2D eigenvalue weighted by molar-refractivity contribution is 0.0707. The van der Waals surface area contributed by atoms with Crippen LogP contribution < -0.4 is 4.74 Å². The first kappa shape index (κ1) is 15.3. The number of hydrogen-bond acceptors (Lipinski definition) is 3. The summed E-state index contributed by atoms with van der Waals surface area (Å²) in [5, 5.41) is 4.20. The predicted octanol–water partition coefficient (Wildman–Crippen LogP) is 3.73. The molecule has 0 aliphatic heterocycles. The first-order valence-corrected chi connectivity index (χ1v) is 7.22. The van der Waals surface area contributed by atoms with Crippen LogP contribution in [0.4, 0.5) is 0 Å². The Morgan fingerprint density at radius 3 is 2.24 bits per heavy atom. The van der Waals surface area contributed by atoms with Crippen LogP contribution >= 0.6 is 0 Å². The number of hydrogen-bond donors (Lipinski definition) is 0. The largest absolute Gasteiger partial charge is 0.481 e. The van der Waals surface area contributed by atoms with Crippen molar-refractivity contribution >= 4 is 5.91 Å². The number of aromatic nitrogens is 2. The van der Waals surface area contributed by atoms with Crippen LogP contribution in [0.15, 0.2) is 30.3 Å². The topological polar surface area (TPSA) is 44.1 Å². The monoisotopic (exact) mass is 286 g/mol. The molecule has 1 atom stereocenters.